The van der Waals surface area contributed by atoms with Crippen LogP contribution in [0.1, 0.15) is 49.0 Å². The van der Waals surface area contributed by atoms with Crippen molar-refractivity contribution in [3.8, 4) is 11.5 Å². The molecule has 0 spiro atoms. The van der Waals surface area contributed by atoms with Crippen LogP contribution in [0.2, 0.25) is 0 Å². The van der Waals surface area contributed by atoms with Crippen LogP contribution in [-0.4, -0.2) is 11.9 Å². The van der Waals surface area contributed by atoms with Crippen molar-refractivity contribution in [2.75, 3.05) is 0 Å². The SMILES string of the molecule is CCCCc1ccc(C(=O)Oc2ccccc2OC(=O)CC)cc1. The van der Waals surface area contributed by atoms with Gasteiger partial charge in [-0.15, -0.1) is 0 Å². The molecule has 0 aliphatic heterocycles. The Morgan fingerprint density at radius 2 is 1.50 bits per heavy atom. The number of benzene rings is 2. The molecule has 0 atom stereocenters. The van der Waals surface area contributed by atoms with Crippen LogP contribution in [0.5, 0.6) is 11.5 Å². The van der Waals surface area contributed by atoms with Crippen molar-refractivity contribution >= 4 is 11.9 Å². The zero-order valence-corrected chi connectivity index (χ0v) is 14.1. The van der Waals surface area contributed by atoms with Crippen molar-refractivity contribution in [2.45, 2.75) is 39.5 Å². The second-order valence-electron chi connectivity index (χ2n) is 5.46. The predicted molar refractivity (Wildman–Crippen MR) is 92.4 cm³/mol. The van der Waals surface area contributed by atoms with Gasteiger partial charge in [0, 0.05) is 6.42 Å². The maximum Gasteiger partial charge on any atom is 0.343 e. The van der Waals surface area contributed by atoms with Crippen molar-refractivity contribution in [1.29, 1.82) is 0 Å². The molecule has 2 rings (SSSR count). The maximum absolute atomic E-state index is 12.3. The fourth-order valence-electron chi connectivity index (χ4n) is 2.16. The summed E-state index contributed by atoms with van der Waals surface area (Å²) in [4.78, 5) is 23.7. The molecule has 4 heteroatoms. The molecule has 2 aromatic carbocycles. The van der Waals surface area contributed by atoms with Gasteiger partial charge < -0.3 is 9.47 Å². The van der Waals surface area contributed by atoms with Gasteiger partial charge in [0.1, 0.15) is 0 Å². The van der Waals surface area contributed by atoms with Gasteiger partial charge in [0.15, 0.2) is 11.5 Å². The van der Waals surface area contributed by atoms with E-state index in [0.717, 1.165) is 19.3 Å². The number of rotatable bonds is 7. The highest BCUT2D eigenvalue weighted by Crippen LogP contribution is 2.27. The molecule has 4 nitrogen and oxygen atoms in total. The van der Waals surface area contributed by atoms with Crippen LogP contribution >= 0.6 is 0 Å². The molecule has 0 aliphatic rings. The number of hydrogen-bond acceptors (Lipinski definition) is 4. The molecular formula is C20H22O4. The van der Waals surface area contributed by atoms with E-state index in [1.54, 1.807) is 43.3 Å². The Kier molecular flexibility index (Phi) is 6.55. The molecule has 0 saturated heterocycles. The summed E-state index contributed by atoms with van der Waals surface area (Å²) in [6, 6.07) is 14.0. The highest BCUT2D eigenvalue weighted by atomic mass is 16.6. The summed E-state index contributed by atoms with van der Waals surface area (Å²) in [5, 5.41) is 0. The molecule has 0 fully saturated rings. The molecule has 126 valence electrons. The Morgan fingerprint density at radius 3 is 2.08 bits per heavy atom. The van der Waals surface area contributed by atoms with Crippen LogP contribution in [0.4, 0.5) is 0 Å². The van der Waals surface area contributed by atoms with E-state index in [-0.39, 0.29) is 23.9 Å². The maximum atomic E-state index is 12.3. The van der Waals surface area contributed by atoms with Crippen LogP contribution < -0.4 is 9.47 Å². The van der Waals surface area contributed by atoms with Crippen LogP contribution in [0.3, 0.4) is 0 Å². The summed E-state index contributed by atoms with van der Waals surface area (Å²) in [6.45, 7) is 3.85. The largest absolute Gasteiger partial charge is 0.423 e. The van der Waals surface area contributed by atoms with Gasteiger partial charge in [-0.2, -0.15) is 0 Å². The van der Waals surface area contributed by atoms with Gasteiger partial charge in [0.2, 0.25) is 0 Å². The molecule has 0 amide bonds. The molecule has 0 heterocycles. The fourth-order valence-corrected chi connectivity index (χ4v) is 2.16. The van der Waals surface area contributed by atoms with Crippen molar-refractivity contribution in [1.82, 2.24) is 0 Å². The van der Waals surface area contributed by atoms with Gasteiger partial charge in [-0.25, -0.2) is 4.79 Å². The van der Waals surface area contributed by atoms with Gasteiger partial charge in [-0.1, -0.05) is 44.5 Å². The Balaban J connectivity index is 2.08. The van der Waals surface area contributed by atoms with Crippen LogP contribution in [0.15, 0.2) is 48.5 Å². The zero-order valence-electron chi connectivity index (χ0n) is 14.1. The molecule has 24 heavy (non-hydrogen) atoms. The normalized spacial score (nSPS) is 10.2. The summed E-state index contributed by atoms with van der Waals surface area (Å²) in [5.74, 6) is -0.368. The molecule has 0 radical (unpaired) electrons. The van der Waals surface area contributed by atoms with Crippen molar-refractivity contribution in [2.24, 2.45) is 0 Å². The molecule has 0 N–H and O–H groups in total. The topological polar surface area (TPSA) is 52.6 Å². The number of esters is 2. The lowest BCUT2D eigenvalue weighted by molar-refractivity contribution is -0.134. The number of carbonyl (C=O) groups is 2. The zero-order chi connectivity index (χ0) is 17.4. The number of aryl methyl sites for hydroxylation is 1. The molecule has 0 bridgehead atoms. The molecule has 0 aromatic heterocycles. The summed E-state index contributed by atoms with van der Waals surface area (Å²) in [5.41, 5.74) is 1.66. The Bertz CT molecular complexity index is 689. The smallest absolute Gasteiger partial charge is 0.343 e. The third-order valence-corrected chi connectivity index (χ3v) is 3.57. The summed E-state index contributed by atoms with van der Waals surface area (Å²) in [7, 11) is 0. The fraction of sp³-hybridized carbons (Fsp3) is 0.300. The minimum atomic E-state index is -0.475. The standard InChI is InChI=1S/C20H22O4/c1-3-5-8-15-11-13-16(14-12-15)20(22)24-18-10-7-6-9-17(18)23-19(21)4-2/h6-7,9-14H,3-5,8H2,1-2H3. The van der Waals surface area contributed by atoms with Crippen molar-refractivity contribution in [3.05, 3.63) is 59.7 Å². The lowest BCUT2D eigenvalue weighted by atomic mass is 10.1. The van der Waals surface area contributed by atoms with Gasteiger partial charge in [-0.3, -0.25) is 4.79 Å². The molecule has 2 aromatic rings. The first-order valence-corrected chi connectivity index (χ1v) is 8.24. The van der Waals surface area contributed by atoms with E-state index < -0.39 is 5.97 Å². The van der Waals surface area contributed by atoms with Crippen LogP contribution in [-0.2, 0) is 11.2 Å². The Labute approximate surface area is 142 Å². The quantitative estimate of drug-likeness (QED) is 0.553. The van der Waals surface area contributed by atoms with Gasteiger partial charge >= 0.3 is 11.9 Å². The third-order valence-electron chi connectivity index (χ3n) is 3.57. The molecule has 0 saturated carbocycles. The minimum Gasteiger partial charge on any atom is -0.423 e. The number of para-hydroxylation sites is 2. The molecule has 0 unspecified atom stereocenters. The van der Waals surface area contributed by atoms with Crippen molar-refractivity contribution in [3.63, 3.8) is 0 Å². The first-order valence-electron chi connectivity index (χ1n) is 8.24. The Morgan fingerprint density at radius 1 is 0.875 bits per heavy atom. The summed E-state index contributed by atoms with van der Waals surface area (Å²) >= 11 is 0. The first-order chi connectivity index (χ1) is 11.6. The van der Waals surface area contributed by atoms with Gasteiger partial charge in [0.05, 0.1) is 5.56 Å². The first kappa shape index (κ1) is 17.7. The summed E-state index contributed by atoms with van der Waals surface area (Å²) in [6.07, 6.45) is 3.51. The molecular weight excluding hydrogens is 304 g/mol. The third kappa shape index (κ3) is 4.95. The van der Waals surface area contributed by atoms with Gasteiger partial charge in [-0.05, 0) is 42.7 Å². The van der Waals surface area contributed by atoms with E-state index in [1.165, 1.54) is 5.56 Å². The minimum absolute atomic E-state index is 0.236. The second kappa shape index (κ2) is 8.87. The number of hydrogen-bond donors (Lipinski definition) is 0. The molecule has 0 aliphatic carbocycles. The average molecular weight is 326 g/mol. The number of carbonyl (C=O) groups excluding carboxylic acids is 2. The van der Waals surface area contributed by atoms with Crippen LogP contribution in [0.25, 0.3) is 0 Å². The van der Waals surface area contributed by atoms with Gasteiger partial charge in [0.25, 0.3) is 0 Å². The Hall–Kier alpha value is -2.62. The van der Waals surface area contributed by atoms with E-state index in [2.05, 4.69) is 6.92 Å². The van der Waals surface area contributed by atoms with E-state index in [4.69, 9.17) is 9.47 Å². The van der Waals surface area contributed by atoms with Crippen molar-refractivity contribution < 1.29 is 19.1 Å². The summed E-state index contributed by atoms with van der Waals surface area (Å²) < 4.78 is 10.6. The second-order valence-corrected chi connectivity index (χ2v) is 5.46. The van der Waals surface area contributed by atoms with Crippen LogP contribution in [0, 0.1) is 0 Å². The van der Waals surface area contributed by atoms with E-state index in [0.29, 0.717) is 5.56 Å². The average Bonchev–Trinajstić information content (AvgIpc) is 2.61. The lowest BCUT2D eigenvalue weighted by Crippen LogP contribution is -2.11. The predicted octanol–water partition coefficient (Wildman–Crippen LogP) is 4.56. The number of ether oxygens (including phenoxy) is 2. The monoisotopic (exact) mass is 326 g/mol. The highest BCUT2D eigenvalue weighted by molar-refractivity contribution is 5.91. The van der Waals surface area contributed by atoms with E-state index in [1.807, 2.05) is 12.1 Å². The van der Waals surface area contributed by atoms with E-state index in [9.17, 15) is 9.59 Å². The lowest BCUT2D eigenvalue weighted by Gasteiger charge is -2.10. The highest BCUT2D eigenvalue weighted by Gasteiger charge is 2.14. The number of unbranched alkanes of at least 4 members (excludes halogenated alkanes) is 1. The van der Waals surface area contributed by atoms with E-state index >= 15 is 0 Å².